The highest BCUT2D eigenvalue weighted by atomic mass is 127. The van der Waals surface area contributed by atoms with Gasteiger partial charge in [0.1, 0.15) is 11.2 Å². The number of likely N-dealkylation sites (tertiary alicyclic amines) is 1. The number of guanidine groups is 1. The number of nitrogens with one attached hydrogen (secondary N) is 2. The molecule has 0 saturated carbocycles. The number of hydrogen-bond donors (Lipinski definition) is 2. The largest absolute Gasteiger partial charge is 0.444 e. The van der Waals surface area contributed by atoms with Gasteiger partial charge in [-0.25, -0.2) is 9.78 Å². The van der Waals surface area contributed by atoms with E-state index in [0.29, 0.717) is 19.0 Å². The van der Waals surface area contributed by atoms with Crippen molar-refractivity contribution in [3.63, 3.8) is 0 Å². The number of hydrogen-bond acceptors (Lipinski definition) is 4. The number of imidazole rings is 1. The number of rotatable bonds is 3. The fourth-order valence-corrected chi connectivity index (χ4v) is 3.43. The maximum atomic E-state index is 12.4. The molecule has 1 aliphatic rings. The number of carbonyl (C=O) groups is 1. The Bertz CT molecular complexity index is 889. The van der Waals surface area contributed by atoms with E-state index in [9.17, 15) is 4.79 Å². The predicted octanol–water partition coefficient (Wildman–Crippen LogP) is 3.33. The number of halogens is 1. The number of ether oxygens (including phenoxy) is 1. The molecular formula is C21H33IN6O2. The topological polar surface area (TPSA) is 83.3 Å². The quantitative estimate of drug-likeness (QED) is 0.363. The van der Waals surface area contributed by atoms with Gasteiger partial charge in [0.25, 0.3) is 0 Å². The zero-order valence-electron chi connectivity index (χ0n) is 18.4. The molecule has 1 unspecified atom stereocenters. The van der Waals surface area contributed by atoms with Crippen LogP contribution >= 0.6 is 24.0 Å². The van der Waals surface area contributed by atoms with Crippen LogP contribution in [0.15, 0.2) is 29.4 Å². The van der Waals surface area contributed by atoms with Crippen LogP contribution in [-0.4, -0.2) is 58.1 Å². The van der Waals surface area contributed by atoms with Crippen molar-refractivity contribution in [1.82, 2.24) is 24.9 Å². The summed E-state index contributed by atoms with van der Waals surface area (Å²) in [5, 5.41) is 6.75. The molecule has 0 aliphatic carbocycles. The maximum Gasteiger partial charge on any atom is 0.410 e. The number of nitrogens with zero attached hydrogens (tertiary/aromatic N) is 4. The molecule has 9 heteroatoms. The Kier molecular flexibility index (Phi) is 8.34. The molecule has 2 aromatic heterocycles. The van der Waals surface area contributed by atoms with Gasteiger partial charge in [-0.2, -0.15) is 0 Å². The van der Waals surface area contributed by atoms with Gasteiger partial charge in [0, 0.05) is 38.1 Å². The summed E-state index contributed by atoms with van der Waals surface area (Å²) in [6, 6.07) is 6.20. The van der Waals surface area contributed by atoms with Gasteiger partial charge in [-0.05, 0) is 52.7 Å². The van der Waals surface area contributed by atoms with Crippen LogP contribution in [-0.2, 0) is 11.3 Å². The van der Waals surface area contributed by atoms with E-state index in [0.717, 1.165) is 36.4 Å². The molecule has 2 N–H and O–H groups in total. The molecule has 1 amide bonds. The highest BCUT2D eigenvalue weighted by molar-refractivity contribution is 14.0. The second-order valence-electron chi connectivity index (χ2n) is 8.46. The van der Waals surface area contributed by atoms with E-state index in [1.54, 1.807) is 11.9 Å². The molecule has 2 aromatic rings. The lowest BCUT2D eigenvalue weighted by Crippen LogP contribution is -2.53. The molecule has 1 atom stereocenters. The van der Waals surface area contributed by atoms with Crippen molar-refractivity contribution in [2.24, 2.45) is 4.99 Å². The molecule has 3 rings (SSSR count). The van der Waals surface area contributed by atoms with Gasteiger partial charge < -0.3 is 24.7 Å². The average molecular weight is 528 g/mol. The molecule has 3 heterocycles. The minimum atomic E-state index is -0.485. The van der Waals surface area contributed by atoms with Gasteiger partial charge >= 0.3 is 6.09 Å². The minimum absolute atomic E-state index is 0. The number of aliphatic imine (C=N–C) groups is 1. The van der Waals surface area contributed by atoms with Crippen LogP contribution in [0.5, 0.6) is 0 Å². The Hall–Kier alpha value is -2.04. The molecule has 1 fully saturated rings. The third kappa shape index (κ3) is 6.48. The van der Waals surface area contributed by atoms with Gasteiger partial charge in [0.05, 0.1) is 12.2 Å². The monoisotopic (exact) mass is 528 g/mol. The Labute approximate surface area is 195 Å². The lowest BCUT2D eigenvalue weighted by molar-refractivity contribution is 0.0193. The Morgan fingerprint density at radius 3 is 2.80 bits per heavy atom. The number of amides is 1. The summed E-state index contributed by atoms with van der Waals surface area (Å²) in [7, 11) is 1.75. The lowest BCUT2D eigenvalue weighted by Gasteiger charge is -2.35. The molecule has 1 aliphatic heterocycles. The van der Waals surface area contributed by atoms with E-state index in [1.807, 2.05) is 39.1 Å². The molecule has 0 spiro atoms. The molecule has 0 aromatic carbocycles. The molecule has 166 valence electrons. The third-order valence-corrected chi connectivity index (χ3v) is 4.82. The maximum absolute atomic E-state index is 12.4. The Morgan fingerprint density at radius 2 is 2.13 bits per heavy atom. The summed E-state index contributed by atoms with van der Waals surface area (Å²) in [4.78, 5) is 23.1. The number of piperidine rings is 1. The van der Waals surface area contributed by atoms with Crippen molar-refractivity contribution in [3.05, 3.63) is 35.8 Å². The van der Waals surface area contributed by atoms with Crippen molar-refractivity contribution in [1.29, 1.82) is 0 Å². The standard InChI is InChI=1S/C21H32N6O2.HI/c1-15-8-6-10-18-24-17(14-27(15)18)12-23-19(22-5)25-16-9-7-11-26(13-16)20(28)29-21(2,3)4;/h6,8,10,14,16H,7,9,11-13H2,1-5H3,(H2,22,23,25);1H. The van der Waals surface area contributed by atoms with E-state index in [-0.39, 0.29) is 36.1 Å². The van der Waals surface area contributed by atoms with E-state index in [1.165, 1.54) is 0 Å². The smallest absolute Gasteiger partial charge is 0.410 e. The molecular weight excluding hydrogens is 495 g/mol. The predicted molar refractivity (Wildman–Crippen MR) is 130 cm³/mol. The van der Waals surface area contributed by atoms with Crippen molar-refractivity contribution in [2.75, 3.05) is 20.1 Å². The van der Waals surface area contributed by atoms with Crippen LogP contribution in [0.1, 0.15) is 45.0 Å². The van der Waals surface area contributed by atoms with Crippen LogP contribution in [0.2, 0.25) is 0 Å². The minimum Gasteiger partial charge on any atom is -0.444 e. The average Bonchev–Trinajstić information content (AvgIpc) is 3.08. The van der Waals surface area contributed by atoms with Crippen LogP contribution < -0.4 is 10.6 Å². The summed E-state index contributed by atoms with van der Waals surface area (Å²) in [6.45, 7) is 9.61. The summed E-state index contributed by atoms with van der Waals surface area (Å²) < 4.78 is 7.58. The zero-order chi connectivity index (χ0) is 21.0. The van der Waals surface area contributed by atoms with Crippen LogP contribution in [0.25, 0.3) is 5.65 Å². The van der Waals surface area contributed by atoms with Crippen LogP contribution in [0.3, 0.4) is 0 Å². The Balaban J connectivity index is 0.00000320. The number of aromatic nitrogens is 2. The molecule has 1 saturated heterocycles. The third-order valence-electron chi connectivity index (χ3n) is 4.82. The first kappa shape index (κ1) is 24.2. The van der Waals surface area contributed by atoms with Crippen molar-refractivity contribution in [3.8, 4) is 0 Å². The van der Waals surface area contributed by atoms with Gasteiger partial charge in [-0.3, -0.25) is 4.99 Å². The van der Waals surface area contributed by atoms with Crippen molar-refractivity contribution < 1.29 is 9.53 Å². The van der Waals surface area contributed by atoms with Gasteiger partial charge in [-0.15, -0.1) is 24.0 Å². The van der Waals surface area contributed by atoms with Crippen LogP contribution in [0.4, 0.5) is 4.79 Å². The fraction of sp³-hybridized carbons (Fsp3) is 0.571. The first-order valence-corrected chi connectivity index (χ1v) is 10.1. The molecule has 0 bridgehead atoms. The van der Waals surface area contributed by atoms with E-state index in [4.69, 9.17) is 4.74 Å². The van der Waals surface area contributed by atoms with Gasteiger partial charge in [0.15, 0.2) is 5.96 Å². The van der Waals surface area contributed by atoms with E-state index < -0.39 is 5.60 Å². The first-order chi connectivity index (χ1) is 13.7. The molecule has 0 radical (unpaired) electrons. The highest BCUT2D eigenvalue weighted by Gasteiger charge is 2.28. The number of fused-ring (bicyclic) bond motifs is 1. The normalized spacial score (nSPS) is 17.4. The SMILES string of the molecule is CN=C(NCc1cn2c(C)cccc2n1)NC1CCCN(C(=O)OC(C)(C)C)C1.I. The summed E-state index contributed by atoms with van der Waals surface area (Å²) in [5.74, 6) is 0.704. The zero-order valence-corrected chi connectivity index (χ0v) is 20.8. The summed E-state index contributed by atoms with van der Waals surface area (Å²) in [5.41, 5.74) is 2.54. The molecule has 8 nitrogen and oxygen atoms in total. The lowest BCUT2D eigenvalue weighted by atomic mass is 10.1. The van der Waals surface area contributed by atoms with Crippen molar-refractivity contribution >= 4 is 41.7 Å². The number of carbonyl (C=O) groups excluding carboxylic acids is 1. The van der Waals surface area contributed by atoms with Gasteiger partial charge in [-0.1, -0.05) is 6.07 Å². The van der Waals surface area contributed by atoms with E-state index in [2.05, 4.69) is 38.0 Å². The molecule has 30 heavy (non-hydrogen) atoms. The van der Waals surface area contributed by atoms with E-state index >= 15 is 0 Å². The van der Waals surface area contributed by atoms with Gasteiger partial charge in [0.2, 0.25) is 0 Å². The Morgan fingerprint density at radius 1 is 1.37 bits per heavy atom. The number of aryl methyl sites for hydroxylation is 1. The second kappa shape index (κ2) is 10.3. The fourth-order valence-electron chi connectivity index (χ4n) is 3.43. The highest BCUT2D eigenvalue weighted by Crippen LogP contribution is 2.15. The summed E-state index contributed by atoms with van der Waals surface area (Å²) >= 11 is 0. The first-order valence-electron chi connectivity index (χ1n) is 10.1. The second-order valence-corrected chi connectivity index (χ2v) is 8.46. The summed E-state index contributed by atoms with van der Waals surface area (Å²) in [6.07, 6.45) is 3.69. The number of pyridine rings is 1. The van der Waals surface area contributed by atoms with Crippen molar-refractivity contribution in [2.45, 2.75) is 58.7 Å². The van der Waals surface area contributed by atoms with Crippen LogP contribution in [0, 0.1) is 6.92 Å².